The molecule has 1 aromatic rings. The number of nitrogens with two attached hydrogens (primary N) is 1. The maximum Gasteiger partial charge on any atom is 0.0794 e. The minimum absolute atomic E-state index is 0.221. The quantitative estimate of drug-likeness (QED) is 0.642. The molecule has 0 aromatic carbocycles. The lowest BCUT2D eigenvalue weighted by Crippen LogP contribution is -2.27. The van der Waals surface area contributed by atoms with E-state index in [1.807, 2.05) is 20.0 Å². The molecule has 50 valence electrons. The molecule has 0 saturated carbocycles. The van der Waals surface area contributed by atoms with Gasteiger partial charge in [0, 0.05) is 16.6 Å². The molecule has 0 spiro atoms. The molecule has 3 heteroatoms. The summed E-state index contributed by atoms with van der Waals surface area (Å²) in [4.78, 5) is 5.05. The van der Waals surface area contributed by atoms with Gasteiger partial charge in [-0.15, -0.1) is 11.3 Å². The molecule has 0 bridgehead atoms. The summed E-state index contributed by atoms with van der Waals surface area (Å²) in [6.45, 7) is 3.95. The fourth-order valence-corrected chi connectivity index (χ4v) is 1.19. The molecular formula is C6H10N2S. The molecule has 0 aliphatic carbocycles. The van der Waals surface area contributed by atoms with E-state index in [0.29, 0.717) is 0 Å². The molecule has 1 rings (SSSR count). The van der Waals surface area contributed by atoms with E-state index in [1.54, 1.807) is 16.8 Å². The Hall–Kier alpha value is -0.410. The van der Waals surface area contributed by atoms with Crippen molar-refractivity contribution in [2.45, 2.75) is 19.4 Å². The van der Waals surface area contributed by atoms with E-state index in [0.717, 1.165) is 4.88 Å². The van der Waals surface area contributed by atoms with Gasteiger partial charge < -0.3 is 5.73 Å². The molecule has 0 radical (unpaired) electrons. The summed E-state index contributed by atoms with van der Waals surface area (Å²) in [7, 11) is 0. The van der Waals surface area contributed by atoms with Gasteiger partial charge in [-0.25, -0.2) is 0 Å². The SMILES string of the molecule is CC(C)(N)c1cncs1. The Labute approximate surface area is 58.7 Å². The van der Waals surface area contributed by atoms with Crippen molar-refractivity contribution in [1.29, 1.82) is 0 Å². The highest BCUT2D eigenvalue weighted by Gasteiger charge is 2.14. The Morgan fingerprint density at radius 1 is 1.67 bits per heavy atom. The number of hydrogen-bond acceptors (Lipinski definition) is 3. The summed E-state index contributed by atoms with van der Waals surface area (Å²) in [6, 6.07) is 0. The highest BCUT2D eigenvalue weighted by Crippen LogP contribution is 2.19. The molecule has 0 aliphatic heterocycles. The molecule has 0 amide bonds. The summed E-state index contributed by atoms with van der Waals surface area (Å²) in [5.74, 6) is 0. The Morgan fingerprint density at radius 3 is 2.56 bits per heavy atom. The van der Waals surface area contributed by atoms with Crippen LogP contribution in [-0.4, -0.2) is 4.98 Å². The monoisotopic (exact) mass is 142 g/mol. The van der Waals surface area contributed by atoms with Crippen LogP contribution in [0.1, 0.15) is 18.7 Å². The zero-order valence-corrected chi connectivity index (χ0v) is 6.40. The molecule has 0 aliphatic rings. The van der Waals surface area contributed by atoms with Gasteiger partial charge >= 0.3 is 0 Å². The van der Waals surface area contributed by atoms with Crippen LogP contribution in [-0.2, 0) is 5.54 Å². The predicted molar refractivity (Wildman–Crippen MR) is 39.3 cm³/mol. The molecule has 0 atom stereocenters. The maximum absolute atomic E-state index is 5.77. The Balaban J connectivity index is 2.90. The molecule has 0 unspecified atom stereocenters. The normalized spacial score (nSPS) is 11.9. The second-order valence-corrected chi connectivity index (χ2v) is 3.47. The van der Waals surface area contributed by atoms with Gasteiger partial charge in [-0.3, -0.25) is 4.98 Å². The van der Waals surface area contributed by atoms with E-state index in [4.69, 9.17) is 5.73 Å². The van der Waals surface area contributed by atoms with Gasteiger partial charge in [0.15, 0.2) is 0 Å². The van der Waals surface area contributed by atoms with Crippen LogP contribution in [0.5, 0.6) is 0 Å². The Morgan fingerprint density at radius 2 is 2.33 bits per heavy atom. The highest BCUT2D eigenvalue weighted by atomic mass is 32.1. The summed E-state index contributed by atoms with van der Waals surface area (Å²) in [5, 5.41) is 0. The first-order valence-electron chi connectivity index (χ1n) is 2.78. The van der Waals surface area contributed by atoms with Crippen LogP contribution in [0.3, 0.4) is 0 Å². The molecule has 2 nitrogen and oxygen atoms in total. The van der Waals surface area contributed by atoms with Gasteiger partial charge in [0.2, 0.25) is 0 Å². The molecule has 0 fully saturated rings. The van der Waals surface area contributed by atoms with Crippen molar-refractivity contribution < 1.29 is 0 Å². The predicted octanol–water partition coefficient (Wildman–Crippen LogP) is 1.34. The van der Waals surface area contributed by atoms with E-state index >= 15 is 0 Å². The van der Waals surface area contributed by atoms with Crippen LogP contribution in [0.2, 0.25) is 0 Å². The zero-order valence-electron chi connectivity index (χ0n) is 5.59. The molecule has 2 N–H and O–H groups in total. The summed E-state index contributed by atoms with van der Waals surface area (Å²) in [5.41, 5.74) is 7.35. The van der Waals surface area contributed by atoms with Gasteiger partial charge in [-0.1, -0.05) is 0 Å². The van der Waals surface area contributed by atoms with Gasteiger partial charge in [0.05, 0.1) is 5.51 Å². The minimum atomic E-state index is -0.221. The number of thiazole rings is 1. The van der Waals surface area contributed by atoms with Crippen LogP contribution in [0.4, 0.5) is 0 Å². The van der Waals surface area contributed by atoms with Gasteiger partial charge in [0.25, 0.3) is 0 Å². The van der Waals surface area contributed by atoms with Gasteiger partial charge in [0.1, 0.15) is 0 Å². The van der Waals surface area contributed by atoms with Gasteiger partial charge in [-0.05, 0) is 13.8 Å². The summed E-state index contributed by atoms with van der Waals surface area (Å²) < 4.78 is 0. The molecule has 9 heavy (non-hydrogen) atoms. The number of rotatable bonds is 1. The third-order valence-corrected chi connectivity index (χ3v) is 2.18. The average molecular weight is 142 g/mol. The van der Waals surface area contributed by atoms with Crippen molar-refractivity contribution in [3.8, 4) is 0 Å². The smallest absolute Gasteiger partial charge is 0.0794 e. The van der Waals surface area contributed by atoms with Crippen LogP contribution < -0.4 is 5.73 Å². The van der Waals surface area contributed by atoms with Crippen molar-refractivity contribution in [1.82, 2.24) is 4.98 Å². The number of hydrogen-bond donors (Lipinski definition) is 1. The highest BCUT2D eigenvalue weighted by molar-refractivity contribution is 7.09. The van der Waals surface area contributed by atoms with Crippen LogP contribution in [0.15, 0.2) is 11.7 Å². The lowest BCUT2D eigenvalue weighted by Gasteiger charge is -2.14. The first kappa shape index (κ1) is 6.71. The standard InChI is InChI=1S/C6H10N2S/c1-6(2,7)5-3-8-4-9-5/h3-4H,7H2,1-2H3. The molecule has 1 aromatic heterocycles. The van der Waals surface area contributed by atoms with E-state index in [-0.39, 0.29) is 5.54 Å². The second-order valence-electron chi connectivity index (χ2n) is 2.59. The minimum Gasteiger partial charge on any atom is -0.321 e. The lowest BCUT2D eigenvalue weighted by molar-refractivity contribution is 0.566. The van der Waals surface area contributed by atoms with Crippen LogP contribution in [0, 0.1) is 0 Å². The summed E-state index contributed by atoms with van der Waals surface area (Å²) >= 11 is 1.59. The fourth-order valence-electron chi connectivity index (χ4n) is 0.534. The molecule has 1 heterocycles. The van der Waals surface area contributed by atoms with Crippen LogP contribution >= 0.6 is 11.3 Å². The van der Waals surface area contributed by atoms with E-state index in [9.17, 15) is 0 Å². The lowest BCUT2D eigenvalue weighted by atomic mass is 10.1. The van der Waals surface area contributed by atoms with Crippen molar-refractivity contribution >= 4 is 11.3 Å². The van der Waals surface area contributed by atoms with E-state index in [1.165, 1.54) is 0 Å². The fraction of sp³-hybridized carbons (Fsp3) is 0.500. The van der Waals surface area contributed by atoms with Crippen molar-refractivity contribution in [3.05, 3.63) is 16.6 Å². The first-order chi connectivity index (χ1) is 4.11. The van der Waals surface area contributed by atoms with Crippen molar-refractivity contribution in [2.24, 2.45) is 5.73 Å². The van der Waals surface area contributed by atoms with Gasteiger partial charge in [-0.2, -0.15) is 0 Å². The largest absolute Gasteiger partial charge is 0.321 e. The zero-order chi connectivity index (χ0) is 6.91. The van der Waals surface area contributed by atoms with E-state index in [2.05, 4.69) is 4.98 Å². The number of aromatic nitrogens is 1. The van der Waals surface area contributed by atoms with Crippen LogP contribution in [0.25, 0.3) is 0 Å². The van der Waals surface area contributed by atoms with Crippen molar-refractivity contribution in [3.63, 3.8) is 0 Å². The Bertz CT molecular complexity index is 173. The average Bonchev–Trinajstić information content (AvgIpc) is 2.08. The van der Waals surface area contributed by atoms with Crippen molar-refractivity contribution in [2.75, 3.05) is 0 Å². The topological polar surface area (TPSA) is 38.9 Å². The maximum atomic E-state index is 5.77. The second kappa shape index (κ2) is 2.08. The summed E-state index contributed by atoms with van der Waals surface area (Å²) in [6.07, 6.45) is 1.81. The third-order valence-electron chi connectivity index (χ3n) is 1.07. The molecular weight excluding hydrogens is 132 g/mol. The van der Waals surface area contributed by atoms with E-state index < -0.39 is 0 Å². The molecule has 0 saturated heterocycles. The Kier molecular flexibility index (Phi) is 1.55. The third kappa shape index (κ3) is 1.50. The first-order valence-corrected chi connectivity index (χ1v) is 3.66. The number of nitrogens with zero attached hydrogens (tertiary/aromatic N) is 1.